The van der Waals surface area contributed by atoms with Crippen LogP contribution in [-0.2, 0) is 0 Å². The molecule has 0 aliphatic carbocycles. The number of benzene rings is 1. The fraction of sp³-hybridized carbons (Fsp3) is 0.400. The lowest BCUT2D eigenvalue weighted by Gasteiger charge is -2.27. The summed E-state index contributed by atoms with van der Waals surface area (Å²) in [5.41, 5.74) is 1.72. The van der Waals surface area contributed by atoms with E-state index in [0.29, 0.717) is 0 Å². The molecular formula is C15H18N2O. The molecule has 0 amide bonds. The SMILES string of the molecule is O[C@H](c1ccc2ccccc2n1)[C@H]1CCCCN1. The topological polar surface area (TPSA) is 45.2 Å². The summed E-state index contributed by atoms with van der Waals surface area (Å²) in [7, 11) is 0. The normalized spacial score (nSPS) is 21.9. The molecule has 18 heavy (non-hydrogen) atoms. The Hall–Kier alpha value is -1.45. The molecule has 0 unspecified atom stereocenters. The summed E-state index contributed by atoms with van der Waals surface area (Å²) >= 11 is 0. The van der Waals surface area contributed by atoms with Crippen molar-refractivity contribution in [3.05, 3.63) is 42.1 Å². The van der Waals surface area contributed by atoms with Gasteiger partial charge in [-0.2, -0.15) is 0 Å². The summed E-state index contributed by atoms with van der Waals surface area (Å²) < 4.78 is 0. The number of nitrogens with one attached hydrogen (secondary N) is 1. The van der Waals surface area contributed by atoms with Crippen molar-refractivity contribution in [2.75, 3.05) is 6.54 Å². The van der Waals surface area contributed by atoms with Crippen LogP contribution in [0.5, 0.6) is 0 Å². The third-order valence-corrected chi connectivity index (χ3v) is 3.65. The van der Waals surface area contributed by atoms with Crippen LogP contribution in [-0.4, -0.2) is 22.7 Å². The predicted molar refractivity (Wildman–Crippen MR) is 72.3 cm³/mol. The zero-order chi connectivity index (χ0) is 12.4. The van der Waals surface area contributed by atoms with Crippen LogP contribution in [0.25, 0.3) is 10.9 Å². The Balaban J connectivity index is 1.88. The number of rotatable bonds is 2. The second-order valence-electron chi connectivity index (χ2n) is 4.93. The Bertz CT molecular complexity index is 535. The molecule has 3 heteroatoms. The van der Waals surface area contributed by atoms with E-state index in [9.17, 15) is 5.11 Å². The maximum atomic E-state index is 10.4. The van der Waals surface area contributed by atoms with Crippen LogP contribution in [0, 0.1) is 0 Å². The van der Waals surface area contributed by atoms with E-state index in [2.05, 4.69) is 10.3 Å². The van der Waals surface area contributed by atoms with E-state index in [0.717, 1.165) is 29.6 Å². The van der Waals surface area contributed by atoms with Crippen LogP contribution in [0.3, 0.4) is 0 Å². The highest BCUT2D eigenvalue weighted by Crippen LogP contribution is 2.23. The molecule has 2 N–H and O–H groups in total. The molecule has 1 fully saturated rings. The van der Waals surface area contributed by atoms with Crippen LogP contribution in [0.2, 0.25) is 0 Å². The van der Waals surface area contributed by atoms with E-state index < -0.39 is 6.10 Å². The summed E-state index contributed by atoms with van der Waals surface area (Å²) in [5, 5.41) is 14.9. The first kappa shape index (κ1) is 11.6. The van der Waals surface area contributed by atoms with Crippen molar-refractivity contribution in [1.82, 2.24) is 10.3 Å². The number of hydrogen-bond donors (Lipinski definition) is 2. The summed E-state index contributed by atoms with van der Waals surface area (Å²) in [4.78, 5) is 4.56. The summed E-state index contributed by atoms with van der Waals surface area (Å²) in [6, 6.07) is 12.1. The highest BCUT2D eigenvalue weighted by molar-refractivity contribution is 5.78. The van der Waals surface area contributed by atoms with Gasteiger partial charge in [0, 0.05) is 11.4 Å². The van der Waals surface area contributed by atoms with E-state index in [4.69, 9.17) is 0 Å². The highest BCUT2D eigenvalue weighted by Gasteiger charge is 2.23. The van der Waals surface area contributed by atoms with E-state index in [1.54, 1.807) is 0 Å². The number of piperidine rings is 1. The van der Waals surface area contributed by atoms with E-state index in [1.807, 2.05) is 36.4 Å². The predicted octanol–water partition coefficient (Wildman–Crippen LogP) is 2.41. The number of nitrogens with zero attached hydrogens (tertiary/aromatic N) is 1. The van der Waals surface area contributed by atoms with Gasteiger partial charge in [-0.05, 0) is 31.5 Å². The maximum Gasteiger partial charge on any atom is 0.111 e. The summed E-state index contributed by atoms with van der Waals surface area (Å²) in [6.07, 6.45) is 2.90. The summed E-state index contributed by atoms with van der Waals surface area (Å²) in [5.74, 6) is 0. The molecule has 0 bridgehead atoms. The smallest absolute Gasteiger partial charge is 0.111 e. The number of fused-ring (bicyclic) bond motifs is 1. The largest absolute Gasteiger partial charge is 0.385 e. The Morgan fingerprint density at radius 2 is 2.06 bits per heavy atom. The number of para-hydroxylation sites is 1. The van der Waals surface area contributed by atoms with Crippen molar-refractivity contribution in [3.8, 4) is 0 Å². The second kappa shape index (κ2) is 5.04. The Labute approximate surface area is 107 Å². The lowest BCUT2D eigenvalue weighted by molar-refractivity contribution is 0.110. The van der Waals surface area contributed by atoms with Crippen LogP contribution in [0.15, 0.2) is 36.4 Å². The second-order valence-corrected chi connectivity index (χ2v) is 4.93. The monoisotopic (exact) mass is 242 g/mol. The molecule has 1 aliphatic rings. The van der Waals surface area contributed by atoms with Crippen molar-refractivity contribution in [1.29, 1.82) is 0 Å². The molecule has 2 atom stereocenters. The fourth-order valence-corrected chi connectivity index (χ4v) is 2.60. The molecule has 94 valence electrons. The van der Waals surface area contributed by atoms with Crippen molar-refractivity contribution in [2.24, 2.45) is 0 Å². The van der Waals surface area contributed by atoms with Gasteiger partial charge in [0.05, 0.1) is 11.2 Å². The number of aliphatic hydroxyl groups is 1. The zero-order valence-electron chi connectivity index (χ0n) is 10.3. The van der Waals surface area contributed by atoms with Crippen molar-refractivity contribution in [3.63, 3.8) is 0 Å². The fourth-order valence-electron chi connectivity index (χ4n) is 2.60. The number of pyridine rings is 1. The van der Waals surface area contributed by atoms with Crippen LogP contribution in [0.1, 0.15) is 31.1 Å². The summed E-state index contributed by atoms with van der Waals surface area (Å²) in [6.45, 7) is 0.995. The number of aromatic nitrogens is 1. The Morgan fingerprint density at radius 3 is 2.89 bits per heavy atom. The van der Waals surface area contributed by atoms with E-state index in [1.165, 1.54) is 12.8 Å². The first-order chi connectivity index (χ1) is 8.84. The van der Waals surface area contributed by atoms with E-state index in [-0.39, 0.29) is 6.04 Å². The molecule has 3 rings (SSSR count). The number of hydrogen-bond acceptors (Lipinski definition) is 3. The van der Waals surface area contributed by atoms with Gasteiger partial charge in [0.15, 0.2) is 0 Å². The van der Waals surface area contributed by atoms with Gasteiger partial charge in [-0.1, -0.05) is 30.7 Å². The van der Waals surface area contributed by atoms with Gasteiger partial charge in [0.2, 0.25) is 0 Å². The standard InChI is InChI=1S/C15H18N2O/c18-15(13-7-3-4-10-16-13)14-9-8-11-5-1-2-6-12(11)17-14/h1-2,5-6,8-9,13,15-16,18H,3-4,7,10H2/t13-,15+/m1/s1. The minimum atomic E-state index is -0.505. The molecule has 0 radical (unpaired) electrons. The first-order valence-electron chi connectivity index (χ1n) is 6.62. The Morgan fingerprint density at radius 1 is 1.17 bits per heavy atom. The molecule has 2 heterocycles. The molecule has 1 aromatic carbocycles. The third-order valence-electron chi connectivity index (χ3n) is 3.65. The highest BCUT2D eigenvalue weighted by atomic mass is 16.3. The lowest BCUT2D eigenvalue weighted by atomic mass is 9.97. The van der Waals surface area contributed by atoms with Gasteiger partial charge in [-0.3, -0.25) is 4.98 Å². The van der Waals surface area contributed by atoms with Gasteiger partial charge in [0.25, 0.3) is 0 Å². The van der Waals surface area contributed by atoms with Gasteiger partial charge < -0.3 is 10.4 Å². The first-order valence-corrected chi connectivity index (χ1v) is 6.62. The molecule has 3 nitrogen and oxygen atoms in total. The van der Waals surface area contributed by atoms with Gasteiger partial charge in [-0.15, -0.1) is 0 Å². The lowest BCUT2D eigenvalue weighted by Crippen LogP contribution is -2.39. The average molecular weight is 242 g/mol. The number of aliphatic hydroxyl groups excluding tert-OH is 1. The molecule has 1 aliphatic heterocycles. The minimum absolute atomic E-state index is 0.146. The molecule has 1 aromatic heterocycles. The molecule has 1 saturated heterocycles. The van der Waals surface area contributed by atoms with E-state index >= 15 is 0 Å². The van der Waals surface area contributed by atoms with Gasteiger partial charge in [-0.25, -0.2) is 0 Å². The van der Waals surface area contributed by atoms with Crippen LogP contribution >= 0.6 is 0 Å². The quantitative estimate of drug-likeness (QED) is 0.850. The molecular weight excluding hydrogens is 224 g/mol. The maximum absolute atomic E-state index is 10.4. The Kier molecular flexibility index (Phi) is 3.26. The average Bonchev–Trinajstić information content (AvgIpc) is 2.47. The van der Waals surface area contributed by atoms with Crippen LogP contribution < -0.4 is 5.32 Å². The van der Waals surface area contributed by atoms with Crippen LogP contribution in [0.4, 0.5) is 0 Å². The molecule has 0 saturated carbocycles. The van der Waals surface area contributed by atoms with Crippen molar-refractivity contribution < 1.29 is 5.11 Å². The minimum Gasteiger partial charge on any atom is -0.385 e. The van der Waals surface area contributed by atoms with Gasteiger partial charge >= 0.3 is 0 Å². The molecule has 2 aromatic rings. The van der Waals surface area contributed by atoms with Gasteiger partial charge in [0.1, 0.15) is 6.10 Å². The zero-order valence-corrected chi connectivity index (χ0v) is 10.3. The molecule has 0 spiro atoms. The van der Waals surface area contributed by atoms with Crippen molar-refractivity contribution >= 4 is 10.9 Å². The third kappa shape index (κ3) is 2.24. The van der Waals surface area contributed by atoms with Crippen molar-refractivity contribution in [2.45, 2.75) is 31.4 Å².